The maximum absolute atomic E-state index is 12.4. The highest BCUT2D eigenvalue weighted by Crippen LogP contribution is 2.27. The lowest BCUT2D eigenvalue weighted by molar-refractivity contribution is 0.0680. The Morgan fingerprint density at radius 2 is 2.06 bits per heavy atom. The first-order valence-corrected chi connectivity index (χ1v) is 6.56. The number of aromatic nitrogens is 1. The van der Waals surface area contributed by atoms with Crippen molar-refractivity contribution in [1.29, 1.82) is 0 Å². The molecule has 0 radical (unpaired) electrons. The number of hydrogen-bond acceptors (Lipinski definition) is 3. The summed E-state index contributed by atoms with van der Waals surface area (Å²) in [4.78, 5) is 18.2. The first kappa shape index (κ1) is 12.9. The maximum atomic E-state index is 12.4. The van der Waals surface area contributed by atoms with Crippen LogP contribution < -0.4 is 5.73 Å². The van der Waals surface area contributed by atoms with Crippen LogP contribution in [0.5, 0.6) is 0 Å². The fourth-order valence-electron chi connectivity index (χ4n) is 2.57. The molecule has 98 valence electrons. The standard InChI is InChI=1S/C14H21N3O/c1-10-3-5-11(6-4-10)17(2)14(18)12-9-16-8-7-13(12)15/h7-11H,3-6H2,1-2H3,(H2,15,16). The number of rotatable bonds is 2. The Morgan fingerprint density at radius 1 is 1.39 bits per heavy atom. The first-order chi connectivity index (χ1) is 8.59. The van der Waals surface area contributed by atoms with Gasteiger partial charge in [0, 0.05) is 31.2 Å². The zero-order valence-corrected chi connectivity index (χ0v) is 11.1. The molecule has 1 amide bonds. The molecule has 1 heterocycles. The van der Waals surface area contributed by atoms with Crippen molar-refractivity contribution in [3.63, 3.8) is 0 Å². The molecule has 0 aliphatic heterocycles. The third-order valence-electron chi connectivity index (χ3n) is 3.94. The zero-order valence-electron chi connectivity index (χ0n) is 11.1. The largest absolute Gasteiger partial charge is 0.398 e. The fourth-order valence-corrected chi connectivity index (χ4v) is 2.57. The second-order valence-electron chi connectivity index (χ2n) is 5.29. The van der Waals surface area contributed by atoms with Crippen molar-refractivity contribution in [2.45, 2.75) is 38.6 Å². The molecule has 1 aromatic rings. The molecular formula is C14H21N3O. The van der Waals surface area contributed by atoms with E-state index in [1.165, 1.54) is 12.8 Å². The van der Waals surface area contributed by atoms with Gasteiger partial charge in [-0.05, 0) is 37.7 Å². The maximum Gasteiger partial charge on any atom is 0.257 e. The molecule has 1 aliphatic rings. The minimum absolute atomic E-state index is 0.0137. The number of nitrogens with zero attached hydrogens (tertiary/aromatic N) is 2. The van der Waals surface area contributed by atoms with Crippen molar-refractivity contribution < 1.29 is 4.79 Å². The molecule has 1 aliphatic carbocycles. The summed E-state index contributed by atoms with van der Waals surface area (Å²) in [5.41, 5.74) is 6.84. The van der Waals surface area contributed by atoms with Crippen LogP contribution in [0.15, 0.2) is 18.5 Å². The summed E-state index contributed by atoms with van der Waals surface area (Å²) in [6.45, 7) is 2.27. The number of carbonyl (C=O) groups is 1. The molecule has 2 rings (SSSR count). The van der Waals surface area contributed by atoms with Crippen LogP contribution in [0, 0.1) is 5.92 Å². The van der Waals surface area contributed by atoms with E-state index in [0.29, 0.717) is 17.3 Å². The first-order valence-electron chi connectivity index (χ1n) is 6.56. The van der Waals surface area contributed by atoms with Crippen LogP contribution in [0.25, 0.3) is 0 Å². The van der Waals surface area contributed by atoms with E-state index in [2.05, 4.69) is 11.9 Å². The predicted molar refractivity (Wildman–Crippen MR) is 72.2 cm³/mol. The Kier molecular flexibility index (Phi) is 3.84. The van der Waals surface area contributed by atoms with Gasteiger partial charge in [0.05, 0.1) is 5.56 Å². The van der Waals surface area contributed by atoms with Crippen molar-refractivity contribution in [3.05, 3.63) is 24.0 Å². The van der Waals surface area contributed by atoms with Crippen LogP contribution in [0.1, 0.15) is 43.0 Å². The number of hydrogen-bond donors (Lipinski definition) is 1. The molecule has 0 unspecified atom stereocenters. The molecule has 1 aromatic heterocycles. The quantitative estimate of drug-likeness (QED) is 0.872. The van der Waals surface area contributed by atoms with E-state index in [0.717, 1.165) is 18.8 Å². The van der Waals surface area contributed by atoms with E-state index >= 15 is 0 Å². The number of nitrogens with two attached hydrogens (primary N) is 1. The second kappa shape index (κ2) is 5.38. The van der Waals surface area contributed by atoms with Gasteiger partial charge in [-0.1, -0.05) is 6.92 Å². The van der Waals surface area contributed by atoms with Gasteiger partial charge in [0.25, 0.3) is 5.91 Å². The van der Waals surface area contributed by atoms with Gasteiger partial charge in [0.15, 0.2) is 0 Å². The highest BCUT2D eigenvalue weighted by atomic mass is 16.2. The van der Waals surface area contributed by atoms with Crippen LogP contribution >= 0.6 is 0 Å². The Hall–Kier alpha value is -1.58. The summed E-state index contributed by atoms with van der Waals surface area (Å²) in [6, 6.07) is 2.01. The molecule has 0 spiro atoms. The van der Waals surface area contributed by atoms with Crippen molar-refractivity contribution in [1.82, 2.24) is 9.88 Å². The molecule has 2 N–H and O–H groups in total. The molecule has 0 bridgehead atoms. The van der Waals surface area contributed by atoms with Crippen molar-refractivity contribution in [2.24, 2.45) is 5.92 Å². The second-order valence-corrected chi connectivity index (χ2v) is 5.29. The molecule has 1 fully saturated rings. The molecule has 18 heavy (non-hydrogen) atoms. The van der Waals surface area contributed by atoms with Crippen LogP contribution in [0.2, 0.25) is 0 Å². The Balaban J connectivity index is 2.07. The third kappa shape index (κ3) is 2.63. The summed E-state index contributed by atoms with van der Waals surface area (Å²) in [5.74, 6) is 0.772. The van der Waals surface area contributed by atoms with Crippen molar-refractivity contribution in [3.8, 4) is 0 Å². The van der Waals surface area contributed by atoms with Gasteiger partial charge in [-0.3, -0.25) is 9.78 Å². The molecule has 4 heteroatoms. The van der Waals surface area contributed by atoms with E-state index in [9.17, 15) is 4.79 Å². The highest BCUT2D eigenvalue weighted by Gasteiger charge is 2.26. The van der Waals surface area contributed by atoms with E-state index in [-0.39, 0.29) is 5.91 Å². The lowest BCUT2D eigenvalue weighted by Crippen LogP contribution is -2.39. The Bertz CT molecular complexity index is 425. The van der Waals surface area contributed by atoms with Crippen molar-refractivity contribution >= 4 is 11.6 Å². The predicted octanol–water partition coefficient (Wildman–Crippen LogP) is 2.31. The average molecular weight is 247 g/mol. The molecule has 0 saturated heterocycles. The average Bonchev–Trinajstić information content (AvgIpc) is 2.38. The van der Waals surface area contributed by atoms with E-state index < -0.39 is 0 Å². The van der Waals surface area contributed by atoms with Gasteiger partial charge in [-0.15, -0.1) is 0 Å². The topological polar surface area (TPSA) is 59.2 Å². The minimum Gasteiger partial charge on any atom is -0.398 e. The number of anilines is 1. The summed E-state index contributed by atoms with van der Waals surface area (Å²) in [7, 11) is 1.87. The van der Waals surface area contributed by atoms with Crippen molar-refractivity contribution in [2.75, 3.05) is 12.8 Å². The van der Waals surface area contributed by atoms with Crippen LogP contribution in [0.3, 0.4) is 0 Å². The Labute approximate surface area is 108 Å². The number of pyridine rings is 1. The molecule has 4 nitrogen and oxygen atoms in total. The number of nitrogen functional groups attached to an aromatic ring is 1. The Morgan fingerprint density at radius 3 is 2.67 bits per heavy atom. The molecule has 0 atom stereocenters. The molecule has 1 saturated carbocycles. The number of amides is 1. The van der Waals surface area contributed by atoms with E-state index in [1.54, 1.807) is 18.5 Å². The smallest absolute Gasteiger partial charge is 0.257 e. The lowest BCUT2D eigenvalue weighted by atomic mass is 9.86. The van der Waals surface area contributed by atoms with Gasteiger partial charge in [0.1, 0.15) is 0 Å². The van der Waals surface area contributed by atoms with Crippen LogP contribution in [-0.4, -0.2) is 28.9 Å². The summed E-state index contributed by atoms with van der Waals surface area (Å²) < 4.78 is 0. The van der Waals surface area contributed by atoms with Gasteiger partial charge < -0.3 is 10.6 Å². The van der Waals surface area contributed by atoms with Crippen LogP contribution in [0.4, 0.5) is 5.69 Å². The normalized spacial score (nSPS) is 23.7. The van der Waals surface area contributed by atoms with E-state index in [4.69, 9.17) is 5.73 Å². The summed E-state index contributed by atoms with van der Waals surface area (Å²) in [6.07, 6.45) is 7.73. The SMILES string of the molecule is CC1CCC(N(C)C(=O)c2cnccc2N)CC1. The number of carbonyl (C=O) groups excluding carboxylic acids is 1. The van der Waals surface area contributed by atoms with Crippen LogP contribution in [-0.2, 0) is 0 Å². The fraction of sp³-hybridized carbons (Fsp3) is 0.571. The van der Waals surface area contributed by atoms with Gasteiger partial charge in [-0.25, -0.2) is 0 Å². The lowest BCUT2D eigenvalue weighted by Gasteiger charge is -2.33. The van der Waals surface area contributed by atoms with Gasteiger partial charge in [0.2, 0.25) is 0 Å². The molecule has 0 aromatic carbocycles. The summed E-state index contributed by atoms with van der Waals surface area (Å²) >= 11 is 0. The highest BCUT2D eigenvalue weighted by molar-refractivity contribution is 5.98. The van der Waals surface area contributed by atoms with E-state index in [1.807, 2.05) is 11.9 Å². The zero-order chi connectivity index (χ0) is 13.1. The third-order valence-corrected chi connectivity index (χ3v) is 3.94. The molecular weight excluding hydrogens is 226 g/mol. The minimum atomic E-state index is -0.0137. The summed E-state index contributed by atoms with van der Waals surface area (Å²) in [5, 5.41) is 0. The monoisotopic (exact) mass is 247 g/mol. The van der Waals surface area contributed by atoms with Gasteiger partial charge in [-0.2, -0.15) is 0 Å². The van der Waals surface area contributed by atoms with Gasteiger partial charge >= 0.3 is 0 Å².